The molecule has 1 amide bonds. The van der Waals surface area contributed by atoms with Gasteiger partial charge in [0.15, 0.2) is 0 Å². The first-order valence-electron chi connectivity index (χ1n) is 9.52. The molecule has 0 saturated carbocycles. The fraction of sp³-hybridized carbons (Fsp3) is 0.450. The van der Waals surface area contributed by atoms with Crippen LogP contribution in [0, 0.1) is 0 Å². The van der Waals surface area contributed by atoms with Gasteiger partial charge < -0.3 is 4.90 Å². The van der Waals surface area contributed by atoms with Gasteiger partial charge in [-0.15, -0.1) is 11.3 Å². The number of nitrogens with one attached hydrogen (secondary N) is 1. The smallest absolute Gasteiger partial charge is 0.240 e. The second-order valence-corrected chi connectivity index (χ2v) is 10.5. The van der Waals surface area contributed by atoms with Crippen LogP contribution in [0.5, 0.6) is 0 Å². The van der Waals surface area contributed by atoms with Crippen LogP contribution >= 0.6 is 22.9 Å². The van der Waals surface area contributed by atoms with E-state index < -0.39 is 10.0 Å². The molecule has 1 aliphatic rings. The third-order valence-electron chi connectivity index (χ3n) is 4.97. The fourth-order valence-electron chi connectivity index (χ4n) is 3.41. The largest absolute Gasteiger partial charge is 0.338 e. The summed E-state index contributed by atoms with van der Waals surface area (Å²) in [7, 11) is -3.61. The number of aryl methyl sites for hydroxylation is 2. The Morgan fingerprint density at radius 1 is 1.18 bits per heavy atom. The molecule has 8 heteroatoms. The Morgan fingerprint density at radius 2 is 1.93 bits per heavy atom. The predicted molar refractivity (Wildman–Crippen MR) is 113 cm³/mol. The number of hydrogen-bond acceptors (Lipinski definition) is 4. The van der Waals surface area contributed by atoms with E-state index in [1.54, 1.807) is 17.0 Å². The van der Waals surface area contributed by atoms with Crippen molar-refractivity contribution in [2.24, 2.45) is 0 Å². The van der Waals surface area contributed by atoms with E-state index in [1.807, 2.05) is 25.1 Å². The van der Waals surface area contributed by atoms with Crippen LogP contribution < -0.4 is 4.72 Å². The molecule has 1 aromatic heterocycles. The lowest BCUT2D eigenvalue weighted by atomic mass is 9.92. The topological polar surface area (TPSA) is 66.5 Å². The van der Waals surface area contributed by atoms with E-state index >= 15 is 0 Å². The molecule has 3 rings (SSSR count). The maximum Gasteiger partial charge on any atom is 0.240 e. The molecule has 0 saturated heterocycles. The quantitative estimate of drug-likeness (QED) is 0.674. The summed E-state index contributed by atoms with van der Waals surface area (Å²) in [5.74, 6) is -0.0832. The zero-order valence-corrected chi connectivity index (χ0v) is 18.3. The number of carbonyl (C=O) groups excluding carboxylic acids is 1. The van der Waals surface area contributed by atoms with E-state index in [0.717, 1.165) is 36.1 Å². The molecule has 28 heavy (non-hydrogen) atoms. The third-order valence-corrected chi connectivity index (χ3v) is 7.65. The van der Waals surface area contributed by atoms with Gasteiger partial charge in [-0.1, -0.05) is 17.7 Å². The first kappa shape index (κ1) is 21.3. The maximum absolute atomic E-state index is 12.6. The molecule has 1 heterocycles. The van der Waals surface area contributed by atoms with Gasteiger partial charge in [0, 0.05) is 24.4 Å². The Balaban J connectivity index is 1.56. The molecule has 152 valence electrons. The number of hydrogen-bond donors (Lipinski definition) is 1. The number of carbonyl (C=O) groups is 1. The molecular weight excluding hydrogens is 416 g/mol. The van der Waals surface area contributed by atoms with E-state index in [2.05, 4.69) is 4.72 Å². The van der Waals surface area contributed by atoms with Gasteiger partial charge in [0.2, 0.25) is 15.9 Å². The lowest BCUT2D eigenvalue weighted by Gasteiger charge is -2.20. The Morgan fingerprint density at radius 3 is 2.61 bits per heavy atom. The van der Waals surface area contributed by atoms with Crippen LogP contribution in [0.25, 0.3) is 0 Å². The summed E-state index contributed by atoms with van der Waals surface area (Å²) < 4.78 is 28.4. The molecule has 5 nitrogen and oxygen atoms in total. The van der Waals surface area contributed by atoms with Gasteiger partial charge in [0.1, 0.15) is 0 Å². The number of fused-ring (bicyclic) bond motifs is 1. The van der Waals surface area contributed by atoms with E-state index in [1.165, 1.54) is 16.9 Å². The Kier molecular flexibility index (Phi) is 7.15. The standard InChI is InChI=1S/C20H25ClN2O3S2/c1-2-23(14-17-8-10-19(21)27-17)20(24)11-12-22-28(25,26)18-9-7-15-5-3-4-6-16(15)13-18/h7-10,13,22H,2-6,11-12,14H2,1H3. The molecule has 0 aliphatic heterocycles. The van der Waals surface area contributed by atoms with Crippen LogP contribution in [-0.4, -0.2) is 32.3 Å². The molecule has 0 bridgehead atoms. The summed E-state index contributed by atoms with van der Waals surface area (Å²) in [5.41, 5.74) is 2.37. The summed E-state index contributed by atoms with van der Waals surface area (Å²) in [6, 6.07) is 9.07. The highest BCUT2D eigenvalue weighted by Crippen LogP contribution is 2.24. The van der Waals surface area contributed by atoms with E-state index in [9.17, 15) is 13.2 Å². The zero-order chi connectivity index (χ0) is 20.1. The fourth-order valence-corrected chi connectivity index (χ4v) is 5.60. The van der Waals surface area contributed by atoms with Crippen LogP contribution in [0.4, 0.5) is 0 Å². The maximum atomic E-state index is 12.6. The van der Waals surface area contributed by atoms with Crippen molar-refractivity contribution >= 4 is 38.9 Å². The first-order chi connectivity index (χ1) is 13.4. The molecular formula is C20H25ClN2O3S2. The van der Waals surface area contributed by atoms with Gasteiger partial charge in [0.25, 0.3) is 0 Å². The summed E-state index contributed by atoms with van der Waals surface area (Å²) in [6.07, 6.45) is 4.32. The van der Waals surface area contributed by atoms with Crippen molar-refractivity contribution in [3.63, 3.8) is 0 Å². The lowest BCUT2D eigenvalue weighted by molar-refractivity contribution is -0.131. The molecule has 1 N–H and O–H groups in total. The normalized spacial score (nSPS) is 13.9. The zero-order valence-electron chi connectivity index (χ0n) is 15.9. The third kappa shape index (κ3) is 5.35. The number of benzene rings is 1. The van der Waals surface area contributed by atoms with Crippen molar-refractivity contribution in [1.29, 1.82) is 0 Å². The van der Waals surface area contributed by atoms with Gasteiger partial charge in [-0.3, -0.25) is 4.79 Å². The number of thiophene rings is 1. The van der Waals surface area contributed by atoms with Crippen LogP contribution in [0.2, 0.25) is 4.34 Å². The number of halogens is 1. The van der Waals surface area contributed by atoms with Gasteiger partial charge in [-0.05, 0) is 68.0 Å². The molecule has 2 aromatic rings. The average Bonchev–Trinajstić information content (AvgIpc) is 3.10. The molecule has 0 unspecified atom stereocenters. The second kappa shape index (κ2) is 9.39. The summed E-state index contributed by atoms with van der Waals surface area (Å²) in [5, 5.41) is 0. The molecule has 1 aromatic carbocycles. The number of rotatable bonds is 8. The first-order valence-corrected chi connectivity index (χ1v) is 12.2. The van der Waals surface area contributed by atoms with Crippen molar-refractivity contribution in [2.45, 2.75) is 50.5 Å². The molecule has 0 spiro atoms. The van der Waals surface area contributed by atoms with Gasteiger partial charge in [0.05, 0.1) is 15.8 Å². The van der Waals surface area contributed by atoms with Crippen LogP contribution in [0.15, 0.2) is 35.2 Å². The second-order valence-electron chi connectivity index (χ2n) is 6.90. The van der Waals surface area contributed by atoms with Gasteiger partial charge in [-0.2, -0.15) is 0 Å². The minimum Gasteiger partial charge on any atom is -0.338 e. The number of amides is 1. The Bertz CT molecular complexity index is 941. The van der Waals surface area contributed by atoms with E-state index in [0.29, 0.717) is 17.4 Å². The molecule has 1 aliphatic carbocycles. The molecule has 0 radical (unpaired) electrons. The number of sulfonamides is 1. The molecule has 0 fully saturated rings. The Hall–Kier alpha value is -1.41. The van der Waals surface area contributed by atoms with Crippen molar-refractivity contribution in [3.05, 3.63) is 50.7 Å². The van der Waals surface area contributed by atoms with Gasteiger partial charge >= 0.3 is 0 Å². The van der Waals surface area contributed by atoms with Crippen LogP contribution in [-0.2, 0) is 34.2 Å². The average molecular weight is 441 g/mol. The van der Waals surface area contributed by atoms with Crippen molar-refractivity contribution < 1.29 is 13.2 Å². The van der Waals surface area contributed by atoms with E-state index in [-0.39, 0.29) is 23.8 Å². The highest BCUT2D eigenvalue weighted by atomic mass is 35.5. The number of nitrogens with zero attached hydrogens (tertiary/aromatic N) is 1. The van der Waals surface area contributed by atoms with Gasteiger partial charge in [-0.25, -0.2) is 13.1 Å². The van der Waals surface area contributed by atoms with Crippen molar-refractivity contribution in [1.82, 2.24) is 9.62 Å². The minimum absolute atomic E-state index is 0.0832. The minimum atomic E-state index is -3.61. The monoisotopic (exact) mass is 440 g/mol. The highest BCUT2D eigenvalue weighted by molar-refractivity contribution is 7.89. The van der Waals surface area contributed by atoms with Crippen molar-refractivity contribution in [2.75, 3.05) is 13.1 Å². The SMILES string of the molecule is CCN(Cc1ccc(Cl)s1)C(=O)CCNS(=O)(=O)c1ccc2c(c1)CCCC2. The van der Waals surface area contributed by atoms with E-state index in [4.69, 9.17) is 11.6 Å². The summed E-state index contributed by atoms with van der Waals surface area (Å²) >= 11 is 7.39. The Labute approximate surface area is 175 Å². The summed E-state index contributed by atoms with van der Waals surface area (Å²) in [6.45, 7) is 3.04. The highest BCUT2D eigenvalue weighted by Gasteiger charge is 2.19. The van der Waals surface area contributed by atoms with Crippen LogP contribution in [0.3, 0.4) is 0 Å². The van der Waals surface area contributed by atoms with Crippen molar-refractivity contribution in [3.8, 4) is 0 Å². The lowest BCUT2D eigenvalue weighted by Crippen LogP contribution is -2.34. The van der Waals surface area contributed by atoms with Crippen LogP contribution in [0.1, 0.15) is 42.2 Å². The summed E-state index contributed by atoms with van der Waals surface area (Å²) in [4.78, 5) is 15.5. The predicted octanol–water partition coefficient (Wildman–Crippen LogP) is 4.00. The molecule has 0 atom stereocenters.